The fourth-order valence-corrected chi connectivity index (χ4v) is 3.89. The SMILES string of the molecule is O=C1CN(C2CCN(c3ncnc4nc[nH]c34)CC2)C(=O)N1C1CC1. The predicted octanol–water partition coefficient (Wildman–Crippen LogP) is 0.748. The van der Waals surface area contributed by atoms with Crippen molar-refractivity contribution < 1.29 is 9.59 Å². The lowest BCUT2D eigenvalue weighted by atomic mass is 10.0. The van der Waals surface area contributed by atoms with Gasteiger partial charge >= 0.3 is 6.03 Å². The summed E-state index contributed by atoms with van der Waals surface area (Å²) in [4.78, 5) is 46.0. The molecule has 2 aromatic heterocycles. The summed E-state index contributed by atoms with van der Waals surface area (Å²) in [5.74, 6) is 0.814. The zero-order valence-electron chi connectivity index (χ0n) is 13.8. The number of hydrogen-bond acceptors (Lipinski definition) is 6. The molecule has 3 amide bonds. The van der Waals surface area contributed by atoms with Gasteiger partial charge in [-0.15, -0.1) is 0 Å². The van der Waals surface area contributed by atoms with Crippen LogP contribution in [-0.2, 0) is 4.79 Å². The summed E-state index contributed by atoms with van der Waals surface area (Å²) in [6, 6.07) is 0.180. The van der Waals surface area contributed by atoms with Crippen molar-refractivity contribution in [3.05, 3.63) is 12.7 Å². The molecule has 25 heavy (non-hydrogen) atoms. The standard InChI is InChI=1S/C16H19N7O2/c24-12-7-22(16(25)23(12)11-1-2-11)10-3-5-21(6-4-10)15-13-14(18-8-17-13)19-9-20-15/h8-11H,1-7H2,(H,17,18,19,20). The van der Waals surface area contributed by atoms with E-state index in [1.54, 1.807) is 11.2 Å². The lowest BCUT2D eigenvalue weighted by molar-refractivity contribution is -0.125. The van der Waals surface area contributed by atoms with Crippen LogP contribution in [0.1, 0.15) is 25.7 Å². The molecule has 0 atom stereocenters. The number of piperidine rings is 1. The van der Waals surface area contributed by atoms with E-state index in [1.807, 2.05) is 0 Å². The van der Waals surface area contributed by atoms with Gasteiger partial charge in [-0.3, -0.25) is 9.69 Å². The molecule has 0 spiro atoms. The van der Waals surface area contributed by atoms with E-state index in [4.69, 9.17) is 0 Å². The number of amides is 3. The van der Waals surface area contributed by atoms with Crippen molar-refractivity contribution in [2.75, 3.05) is 24.5 Å². The molecular weight excluding hydrogens is 322 g/mol. The number of aromatic amines is 1. The maximum Gasteiger partial charge on any atom is 0.327 e. The van der Waals surface area contributed by atoms with Crippen molar-refractivity contribution in [3.63, 3.8) is 0 Å². The van der Waals surface area contributed by atoms with Gasteiger partial charge in [-0.25, -0.2) is 19.7 Å². The Morgan fingerprint density at radius 2 is 1.80 bits per heavy atom. The van der Waals surface area contributed by atoms with Crippen LogP contribution < -0.4 is 4.90 Å². The van der Waals surface area contributed by atoms with Crippen LogP contribution in [0, 0.1) is 0 Å². The third-order valence-corrected chi connectivity index (χ3v) is 5.35. The monoisotopic (exact) mass is 341 g/mol. The molecule has 2 saturated heterocycles. The van der Waals surface area contributed by atoms with E-state index in [9.17, 15) is 9.59 Å². The summed E-state index contributed by atoms with van der Waals surface area (Å²) < 4.78 is 0. The molecule has 3 aliphatic rings. The third kappa shape index (κ3) is 2.33. The number of imide groups is 1. The van der Waals surface area contributed by atoms with Gasteiger partial charge < -0.3 is 14.8 Å². The lowest BCUT2D eigenvalue weighted by Crippen LogP contribution is -2.47. The normalized spacial score (nSPS) is 22.5. The second-order valence-electron chi connectivity index (χ2n) is 6.92. The van der Waals surface area contributed by atoms with Crippen LogP contribution in [-0.4, -0.2) is 73.4 Å². The average molecular weight is 341 g/mol. The van der Waals surface area contributed by atoms with Crippen LogP contribution in [0.25, 0.3) is 11.2 Å². The molecular formula is C16H19N7O2. The molecule has 9 heteroatoms. The maximum atomic E-state index is 12.6. The van der Waals surface area contributed by atoms with Crippen molar-refractivity contribution >= 4 is 28.9 Å². The first-order valence-electron chi connectivity index (χ1n) is 8.74. The van der Waals surface area contributed by atoms with Gasteiger partial charge in [-0.2, -0.15) is 0 Å². The van der Waals surface area contributed by atoms with E-state index in [2.05, 4.69) is 24.8 Å². The molecule has 2 aliphatic heterocycles. The first-order chi connectivity index (χ1) is 12.2. The summed E-state index contributed by atoms with van der Waals surface area (Å²) in [6.07, 6.45) is 6.72. The number of anilines is 1. The molecule has 3 fully saturated rings. The number of carbonyl (C=O) groups is 2. The largest absolute Gasteiger partial charge is 0.355 e. The minimum absolute atomic E-state index is 0.0371. The maximum absolute atomic E-state index is 12.6. The molecule has 1 N–H and O–H groups in total. The van der Waals surface area contributed by atoms with Gasteiger partial charge in [0.15, 0.2) is 11.5 Å². The number of nitrogens with zero attached hydrogens (tertiary/aromatic N) is 6. The molecule has 0 bridgehead atoms. The third-order valence-electron chi connectivity index (χ3n) is 5.35. The predicted molar refractivity (Wildman–Crippen MR) is 88.9 cm³/mol. The fraction of sp³-hybridized carbons (Fsp3) is 0.562. The molecule has 130 valence electrons. The zero-order chi connectivity index (χ0) is 17.0. The summed E-state index contributed by atoms with van der Waals surface area (Å²) in [5.41, 5.74) is 1.50. The highest BCUT2D eigenvalue weighted by molar-refractivity contribution is 6.02. The van der Waals surface area contributed by atoms with Crippen LogP contribution >= 0.6 is 0 Å². The van der Waals surface area contributed by atoms with E-state index in [-0.39, 0.29) is 30.6 Å². The minimum Gasteiger partial charge on any atom is -0.355 e. The van der Waals surface area contributed by atoms with Crippen molar-refractivity contribution in [1.29, 1.82) is 0 Å². The molecule has 0 aromatic carbocycles. The van der Waals surface area contributed by atoms with Crippen molar-refractivity contribution in [3.8, 4) is 0 Å². The zero-order valence-corrected chi connectivity index (χ0v) is 13.8. The second kappa shape index (κ2) is 5.40. The Balaban J connectivity index is 1.29. The van der Waals surface area contributed by atoms with E-state index in [0.29, 0.717) is 5.65 Å². The molecule has 4 heterocycles. The van der Waals surface area contributed by atoms with Gasteiger partial charge in [-0.05, 0) is 25.7 Å². The van der Waals surface area contributed by atoms with Crippen LogP contribution in [0.3, 0.4) is 0 Å². The Morgan fingerprint density at radius 3 is 2.56 bits per heavy atom. The number of imidazole rings is 1. The number of hydrogen-bond donors (Lipinski definition) is 1. The topological polar surface area (TPSA) is 98.3 Å². The van der Waals surface area contributed by atoms with Gasteiger partial charge in [-0.1, -0.05) is 0 Å². The van der Waals surface area contributed by atoms with Gasteiger partial charge in [0.2, 0.25) is 0 Å². The second-order valence-corrected chi connectivity index (χ2v) is 6.92. The van der Waals surface area contributed by atoms with Gasteiger partial charge in [0.25, 0.3) is 5.91 Å². The highest BCUT2D eigenvalue weighted by atomic mass is 16.2. The van der Waals surface area contributed by atoms with Gasteiger partial charge in [0.05, 0.1) is 6.33 Å². The number of aromatic nitrogens is 4. The van der Waals surface area contributed by atoms with E-state index < -0.39 is 0 Å². The van der Waals surface area contributed by atoms with E-state index in [0.717, 1.165) is 50.1 Å². The van der Waals surface area contributed by atoms with Crippen LogP contribution in [0.15, 0.2) is 12.7 Å². The number of rotatable bonds is 3. The molecule has 1 aliphatic carbocycles. The Morgan fingerprint density at radius 1 is 1.00 bits per heavy atom. The first kappa shape index (κ1) is 14.6. The van der Waals surface area contributed by atoms with Crippen molar-refractivity contribution in [2.45, 2.75) is 37.8 Å². The summed E-state index contributed by atoms with van der Waals surface area (Å²) in [5, 5.41) is 0. The van der Waals surface area contributed by atoms with Crippen LogP contribution in [0.5, 0.6) is 0 Å². The molecule has 2 aromatic rings. The van der Waals surface area contributed by atoms with Crippen molar-refractivity contribution in [2.24, 2.45) is 0 Å². The number of nitrogens with one attached hydrogen (secondary N) is 1. The van der Waals surface area contributed by atoms with Crippen LogP contribution in [0.2, 0.25) is 0 Å². The molecule has 1 saturated carbocycles. The molecule has 9 nitrogen and oxygen atoms in total. The minimum atomic E-state index is -0.0936. The summed E-state index contributed by atoms with van der Waals surface area (Å²) in [7, 11) is 0. The smallest absolute Gasteiger partial charge is 0.327 e. The Kier molecular flexibility index (Phi) is 3.16. The Bertz CT molecular complexity index is 838. The average Bonchev–Trinajstić information content (AvgIpc) is 3.25. The Hall–Kier alpha value is -2.71. The number of fused-ring (bicyclic) bond motifs is 1. The van der Waals surface area contributed by atoms with E-state index in [1.165, 1.54) is 11.2 Å². The van der Waals surface area contributed by atoms with Crippen LogP contribution in [0.4, 0.5) is 10.6 Å². The van der Waals surface area contributed by atoms with Gasteiger partial charge in [0.1, 0.15) is 18.4 Å². The Labute approximate surface area is 144 Å². The number of urea groups is 1. The quantitative estimate of drug-likeness (QED) is 0.827. The van der Waals surface area contributed by atoms with Crippen molar-refractivity contribution in [1.82, 2.24) is 29.7 Å². The number of carbonyl (C=O) groups excluding carboxylic acids is 2. The number of H-pyrrole nitrogens is 1. The molecule has 5 rings (SSSR count). The lowest BCUT2D eigenvalue weighted by Gasteiger charge is -2.36. The summed E-state index contributed by atoms with van der Waals surface area (Å²) in [6.45, 7) is 1.81. The summed E-state index contributed by atoms with van der Waals surface area (Å²) >= 11 is 0. The first-order valence-corrected chi connectivity index (χ1v) is 8.74. The highest BCUT2D eigenvalue weighted by Gasteiger charge is 2.47. The fourth-order valence-electron chi connectivity index (χ4n) is 3.89. The van der Waals surface area contributed by atoms with Gasteiger partial charge in [0, 0.05) is 25.2 Å². The molecule has 0 radical (unpaired) electrons. The molecule has 0 unspecified atom stereocenters. The van der Waals surface area contributed by atoms with E-state index >= 15 is 0 Å². The highest BCUT2D eigenvalue weighted by Crippen LogP contribution is 2.33.